The summed E-state index contributed by atoms with van der Waals surface area (Å²) in [6.07, 6.45) is 0. The first-order valence-corrected chi connectivity index (χ1v) is 6.40. The molecule has 2 aromatic carbocycles. The van der Waals surface area contributed by atoms with E-state index in [-0.39, 0.29) is 22.6 Å². The molecule has 0 spiro atoms. The molecule has 21 heavy (non-hydrogen) atoms. The maximum absolute atomic E-state index is 12.1. The molecule has 2 rings (SSSR count). The number of hydrogen-bond donors (Lipinski definition) is 3. The van der Waals surface area contributed by atoms with Gasteiger partial charge in [-0.2, -0.15) is 0 Å². The van der Waals surface area contributed by atoms with Gasteiger partial charge in [0, 0.05) is 0 Å². The number of anilines is 1. The summed E-state index contributed by atoms with van der Waals surface area (Å²) in [5, 5.41) is 21.3. The average Bonchev–Trinajstić information content (AvgIpc) is 2.40. The van der Waals surface area contributed by atoms with Gasteiger partial charge in [0.25, 0.3) is 5.91 Å². The van der Waals surface area contributed by atoms with E-state index in [1.807, 2.05) is 6.92 Å². The van der Waals surface area contributed by atoms with Crippen LogP contribution >= 0.6 is 11.6 Å². The lowest BCUT2D eigenvalue weighted by molar-refractivity contribution is 0.0696. The molecule has 0 aromatic heterocycles. The van der Waals surface area contributed by atoms with E-state index in [1.165, 1.54) is 12.1 Å². The molecule has 0 fully saturated rings. The van der Waals surface area contributed by atoms with Crippen molar-refractivity contribution in [2.75, 3.05) is 5.32 Å². The van der Waals surface area contributed by atoms with Crippen molar-refractivity contribution < 1.29 is 19.8 Å². The highest BCUT2D eigenvalue weighted by Gasteiger charge is 2.14. The van der Waals surface area contributed by atoms with Crippen LogP contribution in [0.2, 0.25) is 5.02 Å². The molecule has 0 saturated carbocycles. The van der Waals surface area contributed by atoms with E-state index < -0.39 is 11.9 Å². The summed E-state index contributed by atoms with van der Waals surface area (Å²) in [7, 11) is 0. The predicted molar refractivity (Wildman–Crippen MR) is 79.2 cm³/mol. The number of carboxylic acid groups (broad SMARTS) is 1. The van der Waals surface area contributed by atoms with Crippen LogP contribution in [-0.2, 0) is 0 Å². The zero-order valence-corrected chi connectivity index (χ0v) is 11.8. The van der Waals surface area contributed by atoms with Crippen molar-refractivity contribution in [1.82, 2.24) is 0 Å². The van der Waals surface area contributed by atoms with E-state index in [0.29, 0.717) is 5.02 Å². The molecule has 0 aliphatic heterocycles. The molecule has 0 saturated heterocycles. The number of phenols is 1. The lowest BCUT2D eigenvalue weighted by atomic mass is 10.1. The summed E-state index contributed by atoms with van der Waals surface area (Å²) < 4.78 is 0. The van der Waals surface area contributed by atoms with Gasteiger partial charge in [0.15, 0.2) is 0 Å². The summed E-state index contributed by atoms with van der Waals surface area (Å²) in [4.78, 5) is 22.9. The Morgan fingerprint density at radius 1 is 1.14 bits per heavy atom. The Morgan fingerprint density at radius 3 is 2.43 bits per heavy atom. The first-order valence-electron chi connectivity index (χ1n) is 6.02. The molecule has 0 unspecified atom stereocenters. The van der Waals surface area contributed by atoms with Crippen LogP contribution in [0, 0.1) is 6.92 Å². The molecule has 108 valence electrons. The van der Waals surface area contributed by atoms with Gasteiger partial charge in [-0.05, 0) is 42.8 Å². The van der Waals surface area contributed by atoms with Crippen LogP contribution in [-0.4, -0.2) is 22.1 Å². The third-order valence-electron chi connectivity index (χ3n) is 2.86. The van der Waals surface area contributed by atoms with Gasteiger partial charge in [-0.15, -0.1) is 0 Å². The monoisotopic (exact) mass is 305 g/mol. The molecule has 0 aliphatic carbocycles. The molecule has 5 nitrogen and oxygen atoms in total. The van der Waals surface area contributed by atoms with Crippen LogP contribution in [0.15, 0.2) is 36.4 Å². The number of carbonyl (C=O) groups excluding carboxylic acids is 1. The van der Waals surface area contributed by atoms with Crippen molar-refractivity contribution in [2.24, 2.45) is 0 Å². The van der Waals surface area contributed by atoms with Crippen LogP contribution < -0.4 is 5.32 Å². The highest BCUT2D eigenvalue weighted by atomic mass is 35.5. The van der Waals surface area contributed by atoms with Crippen molar-refractivity contribution in [3.05, 3.63) is 58.1 Å². The number of benzene rings is 2. The van der Waals surface area contributed by atoms with Crippen LogP contribution in [0.5, 0.6) is 5.75 Å². The number of carbonyl (C=O) groups is 2. The topological polar surface area (TPSA) is 86.6 Å². The predicted octanol–water partition coefficient (Wildman–Crippen LogP) is 3.30. The third-order valence-corrected chi connectivity index (χ3v) is 3.17. The smallest absolute Gasteiger partial charge is 0.335 e. The number of aromatic carboxylic acids is 1. The lowest BCUT2D eigenvalue weighted by Crippen LogP contribution is -2.13. The molecule has 0 aliphatic rings. The van der Waals surface area contributed by atoms with Crippen molar-refractivity contribution in [1.29, 1.82) is 0 Å². The quantitative estimate of drug-likeness (QED) is 0.759. The van der Waals surface area contributed by atoms with Crippen LogP contribution in [0.1, 0.15) is 26.3 Å². The van der Waals surface area contributed by atoms with Crippen molar-refractivity contribution in [3.8, 4) is 5.75 Å². The van der Waals surface area contributed by atoms with E-state index in [1.54, 1.807) is 18.2 Å². The third kappa shape index (κ3) is 3.32. The molecule has 2 aromatic rings. The first-order chi connectivity index (χ1) is 9.88. The second-order valence-corrected chi connectivity index (χ2v) is 4.88. The SMILES string of the molecule is Cc1ccc(C(=O)Nc2ccc(C(=O)O)cc2O)c(Cl)c1. The van der Waals surface area contributed by atoms with E-state index in [0.717, 1.165) is 11.6 Å². The van der Waals surface area contributed by atoms with E-state index >= 15 is 0 Å². The Labute approximate surface area is 125 Å². The van der Waals surface area contributed by atoms with Gasteiger partial charge in [-0.25, -0.2) is 4.79 Å². The zero-order valence-electron chi connectivity index (χ0n) is 11.1. The molecule has 6 heteroatoms. The minimum absolute atomic E-state index is 0.0705. The maximum Gasteiger partial charge on any atom is 0.335 e. The fourth-order valence-electron chi connectivity index (χ4n) is 1.76. The highest BCUT2D eigenvalue weighted by molar-refractivity contribution is 6.34. The number of aryl methyl sites for hydroxylation is 1. The largest absolute Gasteiger partial charge is 0.506 e. The Balaban J connectivity index is 2.25. The Kier molecular flexibility index (Phi) is 4.14. The molecule has 0 bridgehead atoms. The van der Waals surface area contributed by atoms with Gasteiger partial charge < -0.3 is 15.5 Å². The van der Waals surface area contributed by atoms with Crippen LogP contribution in [0.4, 0.5) is 5.69 Å². The second kappa shape index (κ2) is 5.85. The summed E-state index contributed by atoms with van der Waals surface area (Å²) in [5.74, 6) is -1.98. The standard InChI is InChI=1S/C15H12ClNO4/c1-8-2-4-10(11(16)6-8)14(19)17-12-5-3-9(15(20)21)7-13(12)18/h2-7,18H,1H3,(H,17,19)(H,20,21). The molecule has 3 N–H and O–H groups in total. The normalized spacial score (nSPS) is 10.2. The molecular weight excluding hydrogens is 294 g/mol. The zero-order chi connectivity index (χ0) is 15.6. The number of hydrogen-bond acceptors (Lipinski definition) is 3. The van der Waals surface area contributed by atoms with E-state index in [2.05, 4.69) is 5.32 Å². The maximum atomic E-state index is 12.1. The van der Waals surface area contributed by atoms with E-state index in [4.69, 9.17) is 16.7 Å². The van der Waals surface area contributed by atoms with Gasteiger partial charge in [-0.1, -0.05) is 17.7 Å². The first kappa shape index (κ1) is 14.9. The summed E-state index contributed by atoms with van der Waals surface area (Å²) in [6.45, 7) is 1.85. The van der Waals surface area contributed by atoms with Gasteiger partial charge in [0.05, 0.1) is 21.8 Å². The molecule has 0 atom stereocenters. The summed E-state index contributed by atoms with van der Waals surface area (Å²) >= 11 is 6.00. The number of rotatable bonds is 3. The van der Waals surface area contributed by atoms with Crippen LogP contribution in [0.3, 0.4) is 0 Å². The molecular formula is C15H12ClNO4. The van der Waals surface area contributed by atoms with E-state index in [9.17, 15) is 14.7 Å². The number of halogens is 1. The Hall–Kier alpha value is -2.53. The minimum atomic E-state index is -1.16. The summed E-state index contributed by atoms with van der Waals surface area (Å²) in [6, 6.07) is 8.65. The highest BCUT2D eigenvalue weighted by Crippen LogP contribution is 2.26. The number of phenolic OH excluding ortho intramolecular Hbond substituents is 1. The Bertz CT molecular complexity index is 728. The number of carboxylic acids is 1. The van der Waals surface area contributed by atoms with Gasteiger partial charge in [0.1, 0.15) is 5.75 Å². The lowest BCUT2D eigenvalue weighted by Gasteiger charge is -2.09. The number of amides is 1. The van der Waals surface area contributed by atoms with Gasteiger partial charge >= 0.3 is 5.97 Å². The minimum Gasteiger partial charge on any atom is -0.506 e. The Morgan fingerprint density at radius 2 is 1.86 bits per heavy atom. The van der Waals surface area contributed by atoms with Gasteiger partial charge in [0.2, 0.25) is 0 Å². The van der Waals surface area contributed by atoms with Crippen molar-refractivity contribution in [2.45, 2.75) is 6.92 Å². The van der Waals surface area contributed by atoms with Crippen molar-refractivity contribution >= 4 is 29.2 Å². The molecule has 1 amide bonds. The fraction of sp³-hybridized carbons (Fsp3) is 0.0667. The number of aromatic hydroxyl groups is 1. The van der Waals surface area contributed by atoms with Crippen molar-refractivity contribution in [3.63, 3.8) is 0 Å². The van der Waals surface area contributed by atoms with Crippen LogP contribution in [0.25, 0.3) is 0 Å². The number of nitrogens with one attached hydrogen (secondary N) is 1. The summed E-state index contributed by atoms with van der Waals surface area (Å²) in [5.41, 5.74) is 1.23. The molecule has 0 heterocycles. The fourth-order valence-corrected chi connectivity index (χ4v) is 2.09. The molecule has 0 radical (unpaired) electrons. The second-order valence-electron chi connectivity index (χ2n) is 4.47. The van der Waals surface area contributed by atoms with Gasteiger partial charge in [-0.3, -0.25) is 4.79 Å². The average molecular weight is 306 g/mol.